The maximum absolute atomic E-state index is 11.6. The normalized spacial score (nSPS) is 11.8. The lowest BCUT2D eigenvalue weighted by Crippen LogP contribution is -2.16. The van der Waals surface area contributed by atoms with Gasteiger partial charge in [0, 0.05) is 29.2 Å². The third kappa shape index (κ3) is 3.36. The highest BCUT2D eigenvalue weighted by Gasteiger charge is 2.16. The van der Waals surface area contributed by atoms with Gasteiger partial charge in [-0.25, -0.2) is 8.42 Å². The van der Waals surface area contributed by atoms with Gasteiger partial charge in [-0.3, -0.25) is 4.79 Å². The maximum Gasteiger partial charge on any atom is 0.179 e. The quantitative estimate of drug-likeness (QED) is 0.595. The van der Waals surface area contributed by atoms with Crippen LogP contribution in [0, 0.1) is 13.8 Å². The summed E-state index contributed by atoms with van der Waals surface area (Å²) in [6, 6.07) is 1.76. The molecule has 1 aromatic heterocycles. The van der Waals surface area contributed by atoms with Crippen LogP contribution in [-0.2, 0) is 16.4 Å². The third-order valence-corrected chi connectivity index (χ3v) is 4.99. The minimum atomic E-state index is -3.00. The summed E-state index contributed by atoms with van der Waals surface area (Å²) in [6.07, 6.45) is 0. The van der Waals surface area contributed by atoms with Crippen molar-refractivity contribution in [2.45, 2.75) is 27.3 Å². The topological polar surface area (TPSA) is 56.1 Å². The summed E-state index contributed by atoms with van der Waals surface area (Å²) in [5.41, 5.74) is 2.24. The monoisotopic (exact) mass is 291 g/mol. The van der Waals surface area contributed by atoms with Crippen molar-refractivity contribution in [3.05, 3.63) is 23.0 Å². The van der Waals surface area contributed by atoms with Crippen molar-refractivity contribution in [1.29, 1.82) is 0 Å². The SMILES string of the molecule is CCS(=O)(=O)CCn1c(C)cc(C(=O)CCl)c1C. The maximum atomic E-state index is 11.6. The van der Waals surface area contributed by atoms with E-state index in [4.69, 9.17) is 11.6 Å². The number of aromatic nitrogens is 1. The summed E-state index contributed by atoms with van der Waals surface area (Å²) in [7, 11) is -3.00. The van der Waals surface area contributed by atoms with Crippen molar-refractivity contribution in [1.82, 2.24) is 4.57 Å². The number of hydrogen-bond acceptors (Lipinski definition) is 3. The fourth-order valence-corrected chi connectivity index (χ4v) is 2.77. The van der Waals surface area contributed by atoms with E-state index in [0.717, 1.165) is 11.4 Å². The van der Waals surface area contributed by atoms with Gasteiger partial charge in [-0.05, 0) is 19.9 Å². The lowest BCUT2D eigenvalue weighted by Gasteiger charge is -2.09. The fourth-order valence-electron chi connectivity index (χ4n) is 1.87. The van der Waals surface area contributed by atoms with E-state index in [-0.39, 0.29) is 23.2 Å². The molecule has 0 aliphatic heterocycles. The molecule has 0 aliphatic rings. The van der Waals surface area contributed by atoms with Crippen molar-refractivity contribution in [2.75, 3.05) is 17.4 Å². The number of Topliss-reactive ketones (excluding diaryl/α,β-unsaturated/α-hetero) is 1. The summed E-state index contributed by atoms with van der Waals surface area (Å²) < 4.78 is 24.8. The van der Waals surface area contributed by atoms with Crippen LogP contribution in [0.4, 0.5) is 0 Å². The van der Waals surface area contributed by atoms with E-state index in [1.54, 1.807) is 13.0 Å². The van der Waals surface area contributed by atoms with Crippen LogP contribution in [-0.4, -0.2) is 36.2 Å². The van der Waals surface area contributed by atoms with Gasteiger partial charge >= 0.3 is 0 Å². The first-order valence-corrected chi connectivity index (χ1v) is 8.14. The predicted octanol–water partition coefficient (Wildman–Crippen LogP) is 1.96. The van der Waals surface area contributed by atoms with E-state index < -0.39 is 9.84 Å². The molecule has 0 unspecified atom stereocenters. The van der Waals surface area contributed by atoms with Crippen LogP contribution in [0.2, 0.25) is 0 Å². The molecule has 0 saturated heterocycles. The number of aryl methyl sites for hydroxylation is 1. The lowest BCUT2D eigenvalue weighted by molar-refractivity contribution is 0.102. The molecule has 18 heavy (non-hydrogen) atoms. The van der Waals surface area contributed by atoms with Gasteiger partial charge < -0.3 is 4.57 Å². The lowest BCUT2D eigenvalue weighted by atomic mass is 10.2. The van der Waals surface area contributed by atoms with Crippen molar-refractivity contribution in [2.24, 2.45) is 0 Å². The average Bonchev–Trinajstić information content (AvgIpc) is 2.62. The second kappa shape index (κ2) is 5.89. The smallest absolute Gasteiger partial charge is 0.179 e. The van der Waals surface area contributed by atoms with Crippen LogP contribution in [0.3, 0.4) is 0 Å². The van der Waals surface area contributed by atoms with Gasteiger partial charge in [0.05, 0.1) is 11.6 Å². The minimum absolute atomic E-state index is 0.0580. The molecular weight excluding hydrogens is 274 g/mol. The van der Waals surface area contributed by atoms with E-state index in [1.165, 1.54) is 0 Å². The number of halogens is 1. The number of alkyl halides is 1. The number of ketones is 1. The highest BCUT2D eigenvalue weighted by molar-refractivity contribution is 7.91. The van der Waals surface area contributed by atoms with Gasteiger partial charge in [0.15, 0.2) is 15.6 Å². The molecule has 1 heterocycles. The van der Waals surface area contributed by atoms with E-state index >= 15 is 0 Å². The number of nitrogens with zero attached hydrogens (tertiary/aromatic N) is 1. The number of carbonyl (C=O) groups excluding carboxylic acids is 1. The second-order valence-electron chi connectivity index (χ2n) is 4.23. The molecule has 0 aromatic carbocycles. The molecule has 0 N–H and O–H groups in total. The highest BCUT2D eigenvalue weighted by Crippen LogP contribution is 2.16. The molecule has 1 aromatic rings. The molecular formula is C12H18ClNO3S. The van der Waals surface area contributed by atoms with Gasteiger partial charge in [-0.2, -0.15) is 0 Å². The predicted molar refractivity (Wildman–Crippen MR) is 73.3 cm³/mol. The molecule has 0 bridgehead atoms. The van der Waals surface area contributed by atoms with Crippen molar-refractivity contribution < 1.29 is 13.2 Å². The first-order valence-electron chi connectivity index (χ1n) is 5.78. The Bertz CT molecular complexity index is 546. The molecule has 4 nitrogen and oxygen atoms in total. The summed E-state index contributed by atoms with van der Waals surface area (Å²) in [5.74, 6) is 0.0422. The summed E-state index contributed by atoms with van der Waals surface area (Å²) in [6.45, 7) is 5.68. The highest BCUT2D eigenvalue weighted by atomic mass is 35.5. The van der Waals surface area contributed by atoms with Crippen LogP contribution in [0.25, 0.3) is 0 Å². The molecule has 1 rings (SSSR count). The zero-order valence-corrected chi connectivity index (χ0v) is 12.4. The van der Waals surface area contributed by atoms with Gasteiger partial charge in [-0.15, -0.1) is 11.6 Å². The molecule has 0 saturated carbocycles. The van der Waals surface area contributed by atoms with E-state index in [9.17, 15) is 13.2 Å². The van der Waals surface area contributed by atoms with Crippen LogP contribution >= 0.6 is 11.6 Å². The van der Waals surface area contributed by atoms with Crippen molar-refractivity contribution in [3.63, 3.8) is 0 Å². The summed E-state index contributed by atoms with van der Waals surface area (Å²) in [4.78, 5) is 11.6. The Morgan fingerprint density at radius 3 is 2.50 bits per heavy atom. The molecule has 0 aliphatic carbocycles. The van der Waals surface area contributed by atoms with Gasteiger partial charge in [0.25, 0.3) is 0 Å². The molecule has 0 radical (unpaired) electrons. The van der Waals surface area contributed by atoms with Crippen LogP contribution < -0.4 is 0 Å². The number of sulfone groups is 1. The van der Waals surface area contributed by atoms with E-state index in [1.807, 2.05) is 18.4 Å². The Morgan fingerprint density at radius 2 is 2.00 bits per heavy atom. The van der Waals surface area contributed by atoms with Crippen molar-refractivity contribution in [3.8, 4) is 0 Å². The molecule has 0 spiro atoms. The first kappa shape index (κ1) is 15.2. The zero-order chi connectivity index (χ0) is 13.9. The van der Waals surface area contributed by atoms with Crippen LogP contribution in [0.5, 0.6) is 0 Å². The van der Waals surface area contributed by atoms with Crippen LogP contribution in [0.15, 0.2) is 6.07 Å². The van der Waals surface area contributed by atoms with Crippen LogP contribution in [0.1, 0.15) is 28.7 Å². The second-order valence-corrected chi connectivity index (χ2v) is 6.97. The average molecular weight is 292 g/mol. The minimum Gasteiger partial charge on any atom is -0.347 e. The standard InChI is InChI=1S/C12H18ClNO3S/c1-4-18(16,17)6-5-14-9(2)7-11(10(14)3)12(15)8-13/h7H,4-6,8H2,1-3H3. The Morgan fingerprint density at radius 1 is 1.39 bits per heavy atom. The molecule has 0 fully saturated rings. The van der Waals surface area contributed by atoms with Crippen molar-refractivity contribution >= 4 is 27.2 Å². The van der Waals surface area contributed by atoms with E-state index in [0.29, 0.717) is 12.1 Å². The van der Waals surface area contributed by atoms with Gasteiger partial charge in [0.2, 0.25) is 0 Å². The molecule has 0 amide bonds. The third-order valence-electron chi connectivity index (χ3n) is 3.06. The first-order chi connectivity index (χ1) is 8.32. The molecule has 0 atom stereocenters. The zero-order valence-electron chi connectivity index (χ0n) is 10.9. The molecule has 6 heteroatoms. The van der Waals surface area contributed by atoms with Gasteiger partial charge in [0.1, 0.15) is 0 Å². The Balaban J connectivity index is 2.98. The number of hydrogen-bond donors (Lipinski definition) is 0. The Hall–Kier alpha value is -0.810. The molecule has 102 valence electrons. The van der Waals surface area contributed by atoms with Gasteiger partial charge in [-0.1, -0.05) is 6.92 Å². The van der Waals surface area contributed by atoms with E-state index in [2.05, 4.69) is 0 Å². The number of rotatable bonds is 6. The Kier molecular flexibility index (Phi) is 4.99. The fraction of sp³-hybridized carbons (Fsp3) is 0.583. The summed E-state index contributed by atoms with van der Waals surface area (Å²) >= 11 is 5.54. The number of carbonyl (C=O) groups is 1. The Labute approximate surface area is 113 Å². The largest absolute Gasteiger partial charge is 0.347 e. The summed E-state index contributed by atoms with van der Waals surface area (Å²) in [5, 5.41) is 0.